The van der Waals surface area contributed by atoms with Crippen molar-refractivity contribution in [2.75, 3.05) is 0 Å². The number of ketones is 1. The molecule has 0 radical (unpaired) electrons. The number of carbonyl (C=O) groups excluding carboxylic acids is 1. The molecule has 0 amide bonds. The SMILES string of the molecule is CC(C)(C)CC(=O)c1ccc2nc(C(C)(C)C)[c-]nc2c1.[Rb+]. The molecule has 22 heavy (non-hydrogen) atoms. The van der Waals surface area contributed by atoms with Gasteiger partial charge < -0.3 is 4.98 Å². The van der Waals surface area contributed by atoms with Gasteiger partial charge in [-0.3, -0.25) is 9.78 Å². The fourth-order valence-corrected chi connectivity index (χ4v) is 2.06. The second kappa shape index (κ2) is 7.29. The number of aromatic nitrogens is 2. The molecule has 0 aliphatic rings. The number of benzene rings is 1. The number of hydrogen-bond donors (Lipinski definition) is 0. The summed E-state index contributed by atoms with van der Waals surface area (Å²) in [5.41, 5.74) is 2.98. The van der Waals surface area contributed by atoms with Gasteiger partial charge in [0.2, 0.25) is 0 Å². The first-order chi connectivity index (χ1) is 9.56. The van der Waals surface area contributed by atoms with Crippen LogP contribution in [0.15, 0.2) is 18.2 Å². The first kappa shape index (κ1) is 20.1. The van der Waals surface area contributed by atoms with Gasteiger partial charge in [-0.2, -0.15) is 0 Å². The van der Waals surface area contributed by atoms with Crippen molar-refractivity contribution in [3.05, 3.63) is 35.7 Å². The van der Waals surface area contributed by atoms with Crippen LogP contribution in [0.1, 0.15) is 64.0 Å². The van der Waals surface area contributed by atoms with Crippen LogP contribution in [0.3, 0.4) is 0 Å². The maximum atomic E-state index is 12.3. The minimum atomic E-state index is -0.0814. The third-order valence-corrected chi connectivity index (χ3v) is 3.21. The second-order valence-electron chi connectivity index (χ2n) is 7.80. The minimum Gasteiger partial charge on any atom is -0.448 e. The van der Waals surface area contributed by atoms with Gasteiger partial charge in [0.1, 0.15) is 0 Å². The largest absolute Gasteiger partial charge is 1.00 e. The Labute approximate surface area is 182 Å². The average Bonchev–Trinajstić information content (AvgIpc) is 2.34. The maximum absolute atomic E-state index is 12.3. The molecule has 2 aromatic rings. The van der Waals surface area contributed by atoms with Crippen LogP contribution in [0.4, 0.5) is 0 Å². The Morgan fingerprint density at radius 1 is 1.09 bits per heavy atom. The van der Waals surface area contributed by atoms with E-state index in [0.717, 1.165) is 16.7 Å². The van der Waals surface area contributed by atoms with Crippen molar-refractivity contribution in [2.24, 2.45) is 5.41 Å². The standard InChI is InChI=1S/C18H23N2O.Rb/c1-17(2,3)10-15(21)12-7-8-13-14(9-12)19-11-16(20-13)18(4,5)6;/h7-9H,10H2,1-6H3;/q-1;+1. The van der Waals surface area contributed by atoms with Crippen LogP contribution in [0, 0.1) is 11.6 Å². The Bertz CT molecular complexity index is 682. The van der Waals surface area contributed by atoms with Gasteiger partial charge in [-0.05, 0) is 16.5 Å². The zero-order chi connectivity index (χ0) is 15.8. The third-order valence-electron chi connectivity index (χ3n) is 3.21. The topological polar surface area (TPSA) is 42.9 Å². The van der Waals surface area contributed by atoms with Gasteiger partial charge >= 0.3 is 58.2 Å². The van der Waals surface area contributed by atoms with Crippen molar-refractivity contribution in [3.8, 4) is 0 Å². The molecular weight excluding hydrogens is 346 g/mol. The number of rotatable bonds is 2. The Morgan fingerprint density at radius 2 is 1.73 bits per heavy atom. The summed E-state index contributed by atoms with van der Waals surface area (Å²) in [6.45, 7) is 12.4. The molecule has 0 bridgehead atoms. The first-order valence-corrected chi connectivity index (χ1v) is 7.29. The van der Waals surface area contributed by atoms with Gasteiger partial charge in [0.15, 0.2) is 5.78 Å². The summed E-state index contributed by atoms with van der Waals surface area (Å²) in [5, 5.41) is 0. The molecule has 0 fully saturated rings. The van der Waals surface area contributed by atoms with Crippen LogP contribution in [-0.4, -0.2) is 15.8 Å². The van der Waals surface area contributed by atoms with Gasteiger partial charge in [-0.25, -0.2) is 0 Å². The molecule has 0 aliphatic carbocycles. The minimum absolute atomic E-state index is 0. The molecule has 1 aromatic carbocycles. The molecule has 0 atom stereocenters. The molecule has 112 valence electrons. The number of Topliss-reactive ketones (excluding diaryl/α,β-unsaturated/α-hetero) is 1. The van der Waals surface area contributed by atoms with Crippen LogP contribution in [0.5, 0.6) is 0 Å². The molecule has 0 saturated carbocycles. The molecule has 3 nitrogen and oxygen atoms in total. The summed E-state index contributed by atoms with van der Waals surface area (Å²) in [6.07, 6.45) is 3.52. The molecule has 1 heterocycles. The molecule has 0 unspecified atom stereocenters. The van der Waals surface area contributed by atoms with E-state index in [-0.39, 0.29) is 74.8 Å². The molecule has 0 N–H and O–H groups in total. The average molecular weight is 369 g/mol. The van der Waals surface area contributed by atoms with E-state index in [4.69, 9.17) is 0 Å². The number of hydrogen-bond acceptors (Lipinski definition) is 3. The Hall–Kier alpha value is 0.0352. The summed E-state index contributed by atoms with van der Waals surface area (Å²) in [4.78, 5) is 21.2. The maximum Gasteiger partial charge on any atom is 1.00 e. The van der Waals surface area contributed by atoms with E-state index in [2.05, 4.69) is 57.7 Å². The van der Waals surface area contributed by atoms with Gasteiger partial charge in [-0.15, -0.1) is 12.3 Å². The van der Waals surface area contributed by atoms with Gasteiger partial charge in [0, 0.05) is 17.5 Å². The molecule has 2 rings (SSSR count). The van der Waals surface area contributed by atoms with Crippen LogP contribution in [0.25, 0.3) is 11.0 Å². The number of nitrogens with zero attached hydrogens (tertiary/aromatic N) is 2. The predicted molar refractivity (Wildman–Crippen MR) is 85.5 cm³/mol. The van der Waals surface area contributed by atoms with E-state index in [1.165, 1.54) is 0 Å². The van der Waals surface area contributed by atoms with Gasteiger partial charge in [0.05, 0.1) is 0 Å². The van der Waals surface area contributed by atoms with Crippen molar-refractivity contribution >= 4 is 16.8 Å². The van der Waals surface area contributed by atoms with Crippen LogP contribution < -0.4 is 58.2 Å². The van der Waals surface area contributed by atoms with E-state index in [1.54, 1.807) is 0 Å². The molecule has 1 aromatic heterocycles. The zero-order valence-corrected chi connectivity index (χ0v) is 19.7. The van der Waals surface area contributed by atoms with E-state index >= 15 is 0 Å². The van der Waals surface area contributed by atoms with Crippen LogP contribution in [0.2, 0.25) is 0 Å². The predicted octanol–water partition coefficient (Wildman–Crippen LogP) is 1.35. The smallest absolute Gasteiger partial charge is 0.448 e. The summed E-state index contributed by atoms with van der Waals surface area (Å²) < 4.78 is 0. The fourth-order valence-electron chi connectivity index (χ4n) is 2.06. The second-order valence-corrected chi connectivity index (χ2v) is 7.80. The van der Waals surface area contributed by atoms with E-state index in [9.17, 15) is 4.79 Å². The van der Waals surface area contributed by atoms with Crippen molar-refractivity contribution in [2.45, 2.75) is 53.4 Å². The van der Waals surface area contributed by atoms with Crippen molar-refractivity contribution in [3.63, 3.8) is 0 Å². The van der Waals surface area contributed by atoms with Crippen LogP contribution in [-0.2, 0) is 5.41 Å². The van der Waals surface area contributed by atoms with Crippen molar-refractivity contribution < 1.29 is 63.0 Å². The fraction of sp³-hybridized carbons (Fsp3) is 0.500. The zero-order valence-electron chi connectivity index (χ0n) is 14.7. The molecule has 0 aliphatic heterocycles. The monoisotopic (exact) mass is 368 g/mol. The molecular formula is C18H23N2ORb. The first-order valence-electron chi connectivity index (χ1n) is 7.29. The van der Waals surface area contributed by atoms with E-state index < -0.39 is 0 Å². The van der Waals surface area contributed by atoms with Gasteiger partial charge in [-0.1, -0.05) is 59.2 Å². The third kappa shape index (κ3) is 5.29. The van der Waals surface area contributed by atoms with Crippen molar-refractivity contribution in [1.29, 1.82) is 0 Å². The number of fused-ring (bicyclic) bond motifs is 1. The Balaban J connectivity index is 0.00000242. The van der Waals surface area contributed by atoms with E-state index in [1.807, 2.05) is 18.2 Å². The Morgan fingerprint density at radius 3 is 2.27 bits per heavy atom. The van der Waals surface area contributed by atoms with Crippen LogP contribution >= 0.6 is 0 Å². The van der Waals surface area contributed by atoms with Crippen molar-refractivity contribution in [1.82, 2.24) is 9.97 Å². The Kier molecular flexibility index (Phi) is 6.65. The van der Waals surface area contributed by atoms with E-state index in [0.29, 0.717) is 12.0 Å². The normalized spacial score (nSPS) is 12.1. The van der Waals surface area contributed by atoms with Gasteiger partial charge in [0.25, 0.3) is 0 Å². The number of carbonyl (C=O) groups is 1. The molecule has 0 spiro atoms. The summed E-state index contributed by atoms with van der Waals surface area (Å²) in [6, 6.07) is 5.54. The summed E-state index contributed by atoms with van der Waals surface area (Å²) in [7, 11) is 0. The molecule has 0 saturated heterocycles. The summed E-state index contributed by atoms with van der Waals surface area (Å²) >= 11 is 0. The molecule has 4 heteroatoms. The quantitative estimate of drug-likeness (QED) is 0.593. The summed E-state index contributed by atoms with van der Waals surface area (Å²) in [5.74, 6) is 0.145.